The smallest absolute Gasteiger partial charge is 0.339 e. The first-order chi connectivity index (χ1) is 12.2. The highest BCUT2D eigenvalue weighted by atomic mass is 16.5. The Morgan fingerprint density at radius 1 is 1.08 bits per heavy atom. The van der Waals surface area contributed by atoms with E-state index in [-0.39, 0.29) is 18.6 Å². The topological polar surface area (TPSA) is 64.6 Å². The number of amides is 1. The molecule has 1 amide bonds. The van der Waals surface area contributed by atoms with Gasteiger partial charge in [-0.05, 0) is 30.0 Å². The van der Waals surface area contributed by atoms with E-state index in [1.165, 1.54) is 0 Å². The van der Waals surface area contributed by atoms with Gasteiger partial charge in [-0.2, -0.15) is 0 Å². The largest absolute Gasteiger partial charge is 0.452 e. The molecule has 0 radical (unpaired) electrons. The van der Waals surface area contributed by atoms with Gasteiger partial charge in [-0.25, -0.2) is 4.79 Å². The summed E-state index contributed by atoms with van der Waals surface area (Å²) in [7, 11) is 0. The van der Waals surface area contributed by atoms with E-state index in [2.05, 4.69) is 5.32 Å². The zero-order valence-corrected chi connectivity index (χ0v) is 13.9. The molecule has 25 heavy (non-hydrogen) atoms. The van der Waals surface area contributed by atoms with Gasteiger partial charge in [0.15, 0.2) is 6.61 Å². The van der Waals surface area contributed by atoms with Crippen molar-refractivity contribution in [3.8, 4) is 11.1 Å². The molecule has 2 aromatic rings. The van der Waals surface area contributed by atoms with Crippen LogP contribution in [0, 0.1) is 0 Å². The number of carbonyl (C=O) groups is 2. The molecule has 5 heteroatoms. The second-order valence-electron chi connectivity index (χ2n) is 5.93. The van der Waals surface area contributed by atoms with Crippen LogP contribution in [0.2, 0.25) is 0 Å². The normalized spacial score (nSPS) is 16.4. The van der Waals surface area contributed by atoms with Crippen molar-refractivity contribution >= 4 is 11.9 Å². The Bertz CT molecular complexity index is 723. The molecule has 1 aliphatic heterocycles. The molecule has 0 saturated carbocycles. The predicted molar refractivity (Wildman–Crippen MR) is 94.1 cm³/mol. The maximum absolute atomic E-state index is 12.4. The average molecular weight is 339 g/mol. The fraction of sp³-hybridized carbons (Fsp3) is 0.300. The Balaban J connectivity index is 1.57. The van der Waals surface area contributed by atoms with E-state index >= 15 is 0 Å². The second-order valence-corrected chi connectivity index (χ2v) is 5.93. The van der Waals surface area contributed by atoms with Gasteiger partial charge in [0, 0.05) is 13.2 Å². The first kappa shape index (κ1) is 17.2. The molecule has 1 N–H and O–H groups in total. The number of carbonyl (C=O) groups excluding carboxylic acids is 2. The van der Waals surface area contributed by atoms with Crippen molar-refractivity contribution in [2.45, 2.75) is 18.9 Å². The van der Waals surface area contributed by atoms with Gasteiger partial charge >= 0.3 is 5.97 Å². The first-order valence-corrected chi connectivity index (χ1v) is 8.44. The van der Waals surface area contributed by atoms with Crippen LogP contribution in [-0.4, -0.2) is 37.7 Å². The lowest BCUT2D eigenvalue weighted by atomic mass is 10.00. The van der Waals surface area contributed by atoms with Crippen molar-refractivity contribution in [1.82, 2.24) is 5.32 Å². The maximum atomic E-state index is 12.4. The molecule has 3 rings (SSSR count). The molecule has 2 aromatic carbocycles. The van der Waals surface area contributed by atoms with Crippen LogP contribution in [0.15, 0.2) is 54.6 Å². The van der Waals surface area contributed by atoms with E-state index in [9.17, 15) is 9.59 Å². The van der Waals surface area contributed by atoms with Crippen LogP contribution in [0.4, 0.5) is 0 Å². The zero-order chi connectivity index (χ0) is 17.5. The van der Waals surface area contributed by atoms with Gasteiger partial charge in [-0.3, -0.25) is 4.79 Å². The summed E-state index contributed by atoms with van der Waals surface area (Å²) < 4.78 is 10.6. The number of nitrogens with one attached hydrogen (secondary N) is 1. The predicted octanol–water partition coefficient (Wildman–Crippen LogP) is 2.81. The average Bonchev–Trinajstić information content (AvgIpc) is 3.19. The molecule has 1 saturated heterocycles. The lowest BCUT2D eigenvalue weighted by Crippen LogP contribution is -2.34. The lowest BCUT2D eigenvalue weighted by Gasteiger charge is -2.12. The molecule has 0 aliphatic carbocycles. The first-order valence-electron chi connectivity index (χ1n) is 8.44. The number of rotatable bonds is 6. The van der Waals surface area contributed by atoms with Crippen LogP contribution in [0.3, 0.4) is 0 Å². The molecule has 130 valence electrons. The summed E-state index contributed by atoms with van der Waals surface area (Å²) in [5, 5.41) is 2.74. The molecular weight excluding hydrogens is 318 g/mol. The van der Waals surface area contributed by atoms with Crippen molar-refractivity contribution in [3.63, 3.8) is 0 Å². The van der Waals surface area contributed by atoms with E-state index in [0.29, 0.717) is 12.1 Å². The van der Waals surface area contributed by atoms with Crippen LogP contribution < -0.4 is 5.32 Å². The third-order valence-corrected chi connectivity index (χ3v) is 4.12. The van der Waals surface area contributed by atoms with Gasteiger partial charge in [0.05, 0.1) is 11.7 Å². The van der Waals surface area contributed by atoms with Crippen molar-refractivity contribution in [3.05, 3.63) is 60.2 Å². The summed E-state index contributed by atoms with van der Waals surface area (Å²) in [5.41, 5.74) is 2.16. The van der Waals surface area contributed by atoms with Crippen LogP contribution in [0.25, 0.3) is 11.1 Å². The fourth-order valence-corrected chi connectivity index (χ4v) is 2.82. The van der Waals surface area contributed by atoms with Gasteiger partial charge in [0.25, 0.3) is 5.91 Å². The van der Waals surface area contributed by atoms with Crippen molar-refractivity contribution in [2.75, 3.05) is 19.8 Å². The summed E-state index contributed by atoms with van der Waals surface area (Å²) in [4.78, 5) is 24.2. The highest BCUT2D eigenvalue weighted by molar-refractivity contribution is 5.98. The number of ether oxygens (including phenoxy) is 2. The summed E-state index contributed by atoms with van der Waals surface area (Å²) >= 11 is 0. The van der Waals surface area contributed by atoms with Crippen molar-refractivity contribution in [1.29, 1.82) is 0 Å². The summed E-state index contributed by atoms with van der Waals surface area (Å²) in [5.74, 6) is -0.826. The minimum atomic E-state index is -0.508. The Hall–Kier alpha value is -2.66. The Morgan fingerprint density at radius 2 is 1.84 bits per heavy atom. The van der Waals surface area contributed by atoms with Crippen molar-refractivity contribution in [2.24, 2.45) is 0 Å². The molecule has 1 heterocycles. The molecule has 1 aliphatic rings. The SMILES string of the molecule is O=C(COC(=O)c1ccccc1-c1ccccc1)NC[C@H]1CCCO1. The summed E-state index contributed by atoms with van der Waals surface area (Å²) in [6, 6.07) is 16.8. The molecule has 0 spiro atoms. The third-order valence-electron chi connectivity index (χ3n) is 4.12. The standard InChI is InChI=1S/C20H21NO4/c22-19(21-13-16-9-6-12-24-16)14-25-20(23)18-11-5-4-10-17(18)15-7-2-1-3-8-15/h1-5,7-8,10-11,16H,6,9,12-14H2,(H,21,22)/t16-/m1/s1. The zero-order valence-electron chi connectivity index (χ0n) is 13.9. The molecule has 0 unspecified atom stereocenters. The van der Waals surface area contributed by atoms with E-state index in [1.807, 2.05) is 42.5 Å². The third kappa shape index (κ3) is 4.67. The van der Waals surface area contributed by atoms with Crippen LogP contribution in [0.1, 0.15) is 23.2 Å². The number of esters is 1. The van der Waals surface area contributed by atoms with Gasteiger partial charge in [0.2, 0.25) is 0 Å². The molecule has 0 bridgehead atoms. The minimum absolute atomic E-state index is 0.0680. The summed E-state index contributed by atoms with van der Waals surface area (Å²) in [6.07, 6.45) is 2.04. The Labute approximate surface area is 147 Å². The molecule has 0 aromatic heterocycles. The number of hydrogen-bond acceptors (Lipinski definition) is 4. The Kier molecular flexibility index (Phi) is 5.80. The minimum Gasteiger partial charge on any atom is -0.452 e. The van der Waals surface area contributed by atoms with Gasteiger partial charge < -0.3 is 14.8 Å². The fourth-order valence-electron chi connectivity index (χ4n) is 2.82. The highest BCUT2D eigenvalue weighted by Gasteiger charge is 2.18. The number of benzene rings is 2. The highest BCUT2D eigenvalue weighted by Crippen LogP contribution is 2.23. The van der Waals surface area contributed by atoms with E-state index in [4.69, 9.17) is 9.47 Å². The lowest BCUT2D eigenvalue weighted by molar-refractivity contribution is -0.124. The van der Waals surface area contributed by atoms with Gasteiger partial charge in [0.1, 0.15) is 0 Å². The van der Waals surface area contributed by atoms with Gasteiger partial charge in [-0.1, -0.05) is 48.5 Å². The van der Waals surface area contributed by atoms with E-state index < -0.39 is 5.97 Å². The molecule has 5 nitrogen and oxygen atoms in total. The molecular formula is C20H21NO4. The molecule has 1 atom stereocenters. The number of hydrogen-bond donors (Lipinski definition) is 1. The van der Waals surface area contributed by atoms with E-state index in [0.717, 1.165) is 30.6 Å². The summed E-state index contributed by atoms with van der Waals surface area (Å²) in [6.45, 7) is 0.900. The van der Waals surface area contributed by atoms with Crippen LogP contribution in [-0.2, 0) is 14.3 Å². The molecule has 1 fully saturated rings. The van der Waals surface area contributed by atoms with Gasteiger partial charge in [-0.15, -0.1) is 0 Å². The van der Waals surface area contributed by atoms with Crippen LogP contribution >= 0.6 is 0 Å². The Morgan fingerprint density at radius 3 is 2.60 bits per heavy atom. The van der Waals surface area contributed by atoms with E-state index in [1.54, 1.807) is 12.1 Å². The second kappa shape index (κ2) is 8.44. The van der Waals surface area contributed by atoms with Crippen molar-refractivity contribution < 1.29 is 19.1 Å². The van der Waals surface area contributed by atoms with Crippen LogP contribution in [0.5, 0.6) is 0 Å². The maximum Gasteiger partial charge on any atom is 0.339 e. The monoisotopic (exact) mass is 339 g/mol. The quantitative estimate of drug-likeness (QED) is 0.822.